The maximum absolute atomic E-state index is 10.6. The van der Waals surface area contributed by atoms with Gasteiger partial charge in [-0.1, -0.05) is 13.8 Å². The number of carbonyl (C=O) groups excluding carboxylic acids is 1. The average Bonchev–Trinajstić information content (AvgIpc) is 2.92. The van der Waals surface area contributed by atoms with Crippen LogP contribution in [-0.2, 0) is 0 Å². The summed E-state index contributed by atoms with van der Waals surface area (Å²) in [6.07, 6.45) is 3.55. The van der Waals surface area contributed by atoms with E-state index < -0.39 is 0 Å². The number of carbonyl (C=O) groups is 1. The van der Waals surface area contributed by atoms with Crippen molar-refractivity contribution in [2.45, 2.75) is 32.7 Å². The van der Waals surface area contributed by atoms with Crippen LogP contribution in [0.4, 0.5) is 5.00 Å². The van der Waals surface area contributed by atoms with Gasteiger partial charge in [0.25, 0.3) is 0 Å². The second kappa shape index (κ2) is 4.35. The van der Waals surface area contributed by atoms with Crippen molar-refractivity contribution in [2.24, 2.45) is 5.92 Å². The van der Waals surface area contributed by atoms with E-state index in [-0.39, 0.29) is 0 Å². The highest BCUT2D eigenvalue weighted by Crippen LogP contribution is 2.35. The molecule has 0 aromatic carbocycles. The Labute approximate surface area is 94.9 Å². The van der Waals surface area contributed by atoms with E-state index in [0.29, 0.717) is 5.92 Å². The fraction of sp³-hybridized carbons (Fsp3) is 0.583. The summed E-state index contributed by atoms with van der Waals surface area (Å²) >= 11 is 1.61. The van der Waals surface area contributed by atoms with E-state index in [4.69, 9.17) is 0 Å². The average molecular weight is 223 g/mol. The van der Waals surface area contributed by atoms with Crippen molar-refractivity contribution in [3.63, 3.8) is 0 Å². The molecule has 1 saturated carbocycles. The van der Waals surface area contributed by atoms with E-state index in [1.807, 2.05) is 6.07 Å². The first-order chi connectivity index (χ1) is 7.20. The number of anilines is 1. The molecule has 1 aliphatic carbocycles. The lowest BCUT2D eigenvalue weighted by Gasteiger charge is -2.24. The molecule has 2 rings (SSSR count). The molecule has 0 atom stereocenters. The molecule has 0 unspecified atom stereocenters. The fourth-order valence-electron chi connectivity index (χ4n) is 1.76. The third kappa shape index (κ3) is 2.59. The Kier molecular flexibility index (Phi) is 3.10. The lowest BCUT2D eigenvalue weighted by atomic mass is 10.2. The number of nitrogens with zero attached hydrogens (tertiary/aromatic N) is 1. The monoisotopic (exact) mass is 223 g/mol. The highest BCUT2D eigenvalue weighted by atomic mass is 32.1. The van der Waals surface area contributed by atoms with Crippen molar-refractivity contribution < 1.29 is 4.79 Å². The van der Waals surface area contributed by atoms with Crippen LogP contribution in [0.2, 0.25) is 0 Å². The summed E-state index contributed by atoms with van der Waals surface area (Å²) in [5, 5.41) is 1.26. The van der Waals surface area contributed by atoms with Crippen LogP contribution in [0, 0.1) is 5.92 Å². The zero-order valence-electron chi connectivity index (χ0n) is 9.27. The molecule has 0 N–H and O–H groups in total. The van der Waals surface area contributed by atoms with Gasteiger partial charge in [0.15, 0.2) is 6.29 Å². The normalized spacial score (nSPS) is 15.7. The third-order valence-corrected chi connectivity index (χ3v) is 3.61. The Morgan fingerprint density at radius 2 is 2.27 bits per heavy atom. The fourth-order valence-corrected chi connectivity index (χ4v) is 2.66. The van der Waals surface area contributed by atoms with Gasteiger partial charge < -0.3 is 4.90 Å². The molecule has 0 radical (unpaired) electrons. The van der Waals surface area contributed by atoms with E-state index in [2.05, 4.69) is 24.8 Å². The quantitative estimate of drug-likeness (QED) is 0.714. The molecular weight excluding hydrogens is 206 g/mol. The first kappa shape index (κ1) is 10.7. The highest BCUT2D eigenvalue weighted by Gasteiger charge is 2.30. The first-order valence-corrected chi connectivity index (χ1v) is 6.34. The molecule has 0 saturated heterocycles. The van der Waals surface area contributed by atoms with E-state index in [0.717, 1.165) is 23.7 Å². The summed E-state index contributed by atoms with van der Waals surface area (Å²) < 4.78 is 0. The van der Waals surface area contributed by atoms with Gasteiger partial charge in [0.05, 0.1) is 9.88 Å². The second-order valence-electron chi connectivity index (χ2n) is 4.57. The Hall–Kier alpha value is -0.830. The molecule has 1 aromatic heterocycles. The maximum Gasteiger partial charge on any atom is 0.160 e. The van der Waals surface area contributed by atoms with Crippen LogP contribution in [0.3, 0.4) is 0 Å². The predicted molar refractivity (Wildman–Crippen MR) is 64.9 cm³/mol. The summed E-state index contributed by atoms with van der Waals surface area (Å²) in [6, 6.07) is 4.73. The highest BCUT2D eigenvalue weighted by molar-refractivity contribution is 7.17. The number of aldehydes is 1. The molecule has 1 aromatic rings. The van der Waals surface area contributed by atoms with E-state index in [1.165, 1.54) is 17.8 Å². The minimum Gasteiger partial charge on any atom is -0.360 e. The maximum atomic E-state index is 10.6. The van der Waals surface area contributed by atoms with Gasteiger partial charge in [-0.15, -0.1) is 11.3 Å². The summed E-state index contributed by atoms with van der Waals surface area (Å²) in [5.41, 5.74) is 0. The van der Waals surface area contributed by atoms with Gasteiger partial charge in [0.1, 0.15) is 0 Å². The van der Waals surface area contributed by atoms with Crippen molar-refractivity contribution in [2.75, 3.05) is 11.4 Å². The molecule has 2 nitrogen and oxygen atoms in total. The van der Waals surface area contributed by atoms with Gasteiger partial charge in [-0.3, -0.25) is 4.79 Å². The molecule has 1 aliphatic rings. The third-order valence-electron chi connectivity index (χ3n) is 2.56. The molecule has 15 heavy (non-hydrogen) atoms. The smallest absolute Gasteiger partial charge is 0.160 e. The topological polar surface area (TPSA) is 20.3 Å². The molecule has 1 fully saturated rings. The first-order valence-electron chi connectivity index (χ1n) is 5.52. The van der Waals surface area contributed by atoms with Crippen LogP contribution in [0.15, 0.2) is 12.1 Å². The number of hydrogen-bond acceptors (Lipinski definition) is 3. The Morgan fingerprint density at radius 3 is 2.73 bits per heavy atom. The molecular formula is C12H17NOS. The van der Waals surface area contributed by atoms with Crippen molar-refractivity contribution in [1.82, 2.24) is 0 Å². The zero-order chi connectivity index (χ0) is 10.8. The molecule has 82 valence electrons. The Bertz CT molecular complexity index is 341. The van der Waals surface area contributed by atoms with Crippen LogP contribution in [0.25, 0.3) is 0 Å². The molecule has 0 aliphatic heterocycles. The van der Waals surface area contributed by atoms with Gasteiger partial charge >= 0.3 is 0 Å². The largest absolute Gasteiger partial charge is 0.360 e. The molecule has 0 amide bonds. The number of rotatable bonds is 5. The number of thiophene rings is 1. The lowest BCUT2D eigenvalue weighted by Crippen LogP contribution is -2.28. The van der Waals surface area contributed by atoms with Gasteiger partial charge in [-0.05, 0) is 30.9 Å². The van der Waals surface area contributed by atoms with Crippen LogP contribution in [-0.4, -0.2) is 18.9 Å². The van der Waals surface area contributed by atoms with Gasteiger partial charge in [0, 0.05) is 12.6 Å². The van der Waals surface area contributed by atoms with E-state index in [9.17, 15) is 4.79 Å². The molecule has 0 spiro atoms. The van der Waals surface area contributed by atoms with Crippen LogP contribution in [0.5, 0.6) is 0 Å². The van der Waals surface area contributed by atoms with Gasteiger partial charge in [-0.2, -0.15) is 0 Å². The van der Waals surface area contributed by atoms with Crippen LogP contribution in [0.1, 0.15) is 36.4 Å². The van der Waals surface area contributed by atoms with E-state index >= 15 is 0 Å². The molecule has 0 bridgehead atoms. The standard InChI is InChI=1S/C12H17NOS/c1-9(2)7-13(10-3-4-10)12-6-5-11(8-14)15-12/h5-6,8-10H,3-4,7H2,1-2H3. The zero-order valence-corrected chi connectivity index (χ0v) is 10.1. The Balaban J connectivity index is 2.12. The van der Waals surface area contributed by atoms with Crippen molar-refractivity contribution in [3.05, 3.63) is 17.0 Å². The van der Waals surface area contributed by atoms with Crippen LogP contribution >= 0.6 is 11.3 Å². The van der Waals surface area contributed by atoms with E-state index in [1.54, 1.807) is 11.3 Å². The molecule has 1 heterocycles. The summed E-state index contributed by atoms with van der Waals surface area (Å²) in [5.74, 6) is 0.674. The van der Waals surface area contributed by atoms with Crippen LogP contribution < -0.4 is 4.90 Å². The number of hydrogen-bond donors (Lipinski definition) is 0. The van der Waals surface area contributed by atoms with Crippen molar-refractivity contribution in [1.29, 1.82) is 0 Å². The summed E-state index contributed by atoms with van der Waals surface area (Å²) in [7, 11) is 0. The van der Waals surface area contributed by atoms with Crippen molar-refractivity contribution >= 4 is 22.6 Å². The summed E-state index contributed by atoms with van der Waals surface area (Å²) in [6.45, 7) is 5.58. The van der Waals surface area contributed by atoms with Crippen molar-refractivity contribution in [3.8, 4) is 0 Å². The lowest BCUT2D eigenvalue weighted by molar-refractivity contribution is 0.112. The van der Waals surface area contributed by atoms with Gasteiger partial charge in [-0.25, -0.2) is 0 Å². The predicted octanol–water partition coefficient (Wildman–Crippen LogP) is 3.19. The molecule has 3 heteroatoms. The SMILES string of the molecule is CC(C)CN(c1ccc(C=O)s1)C1CC1. The Morgan fingerprint density at radius 1 is 1.53 bits per heavy atom. The minimum absolute atomic E-state index is 0.674. The second-order valence-corrected chi connectivity index (χ2v) is 5.67. The summed E-state index contributed by atoms with van der Waals surface area (Å²) in [4.78, 5) is 13.9. The van der Waals surface area contributed by atoms with Gasteiger partial charge in [0.2, 0.25) is 0 Å². The minimum atomic E-state index is 0.674.